The lowest BCUT2D eigenvalue weighted by atomic mass is 10.1. The Kier molecular flexibility index (Phi) is 4.97. The van der Waals surface area contributed by atoms with E-state index in [1.165, 1.54) is 0 Å². The maximum Gasteiger partial charge on any atom is 0.239 e. The molecule has 0 saturated carbocycles. The predicted molar refractivity (Wildman–Crippen MR) is 86.8 cm³/mol. The summed E-state index contributed by atoms with van der Waals surface area (Å²) in [5, 5.41) is 3.25. The number of nitrogens with one attached hydrogen (secondary N) is 1. The van der Waals surface area contributed by atoms with Crippen molar-refractivity contribution in [1.82, 2.24) is 15.2 Å². The van der Waals surface area contributed by atoms with Crippen molar-refractivity contribution in [1.29, 1.82) is 0 Å². The van der Waals surface area contributed by atoms with Crippen molar-refractivity contribution in [3.63, 3.8) is 0 Å². The Morgan fingerprint density at radius 3 is 2.74 bits per heavy atom. The van der Waals surface area contributed by atoms with Gasteiger partial charge in [-0.3, -0.25) is 4.79 Å². The third-order valence-corrected chi connectivity index (χ3v) is 4.59. The molecule has 2 saturated heterocycles. The number of piperazine rings is 1. The first-order valence-electron chi connectivity index (χ1n) is 8.01. The van der Waals surface area contributed by atoms with Crippen molar-refractivity contribution >= 4 is 11.7 Å². The molecule has 0 aromatic carbocycles. The van der Waals surface area contributed by atoms with Gasteiger partial charge in [0.1, 0.15) is 11.6 Å². The number of nitrogens with zero attached hydrogens (tertiary/aromatic N) is 3. The second kappa shape index (κ2) is 7.14. The maximum atomic E-state index is 12.6. The van der Waals surface area contributed by atoms with Crippen molar-refractivity contribution in [2.75, 3.05) is 51.8 Å². The van der Waals surface area contributed by atoms with Gasteiger partial charge in [0, 0.05) is 52.1 Å². The number of hydrogen-bond acceptors (Lipinski definition) is 6. The van der Waals surface area contributed by atoms with E-state index in [1.807, 2.05) is 17.0 Å². The van der Waals surface area contributed by atoms with Crippen LogP contribution in [-0.4, -0.2) is 74.9 Å². The molecule has 1 aromatic rings. The number of ether oxygens (including phenoxy) is 2. The van der Waals surface area contributed by atoms with Crippen LogP contribution in [0.15, 0.2) is 18.3 Å². The van der Waals surface area contributed by atoms with Gasteiger partial charge in [0.2, 0.25) is 5.91 Å². The maximum absolute atomic E-state index is 12.6. The second-order valence-electron chi connectivity index (χ2n) is 5.92. The SMILES string of the molecule is COc1ccnc(N2CCN(C(=O)[C@@H]3C[C@H](OC)CN3)CC2)c1. The summed E-state index contributed by atoms with van der Waals surface area (Å²) in [5.74, 6) is 1.88. The van der Waals surface area contributed by atoms with E-state index >= 15 is 0 Å². The summed E-state index contributed by atoms with van der Waals surface area (Å²) in [4.78, 5) is 21.1. The van der Waals surface area contributed by atoms with Crippen LogP contribution in [0.3, 0.4) is 0 Å². The van der Waals surface area contributed by atoms with Gasteiger partial charge in [-0.2, -0.15) is 0 Å². The molecule has 1 N–H and O–H groups in total. The van der Waals surface area contributed by atoms with Crippen molar-refractivity contribution in [3.8, 4) is 5.75 Å². The lowest BCUT2D eigenvalue weighted by Gasteiger charge is -2.36. The molecule has 0 aliphatic carbocycles. The summed E-state index contributed by atoms with van der Waals surface area (Å²) in [6.07, 6.45) is 2.65. The van der Waals surface area contributed by atoms with Gasteiger partial charge in [-0.15, -0.1) is 0 Å². The first kappa shape index (κ1) is 16.0. The molecular formula is C16H24N4O3. The van der Waals surface area contributed by atoms with E-state index in [9.17, 15) is 4.79 Å². The highest BCUT2D eigenvalue weighted by atomic mass is 16.5. The first-order chi connectivity index (χ1) is 11.2. The van der Waals surface area contributed by atoms with E-state index in [0.29, 0.717) is 13.1 Å². The quantitative estimate of drug-likeness (QED) is 0.850. The van der Waals surface area contributed by atoms with Crippen molar-refractivity contribution in [3.05, 3.63) is 18.3 Å². The summed E-state index contributed by atoms with van der Waals surface area (Å²) in [7, 11) is 3.34. The summed E-state index contributed by atoms with van der Waals surface area (Å²) in [5.41, 5.74) is 0. The van der Waals surface area contributed by atoms with Gasteiger partial charge in [0.25, 0.3) is 0 Å². The number of carbonyl (C=O) groups is 1. The molecule has 2 fully saturated rings. The van der Waals surface area contributed by atoms with Crippen LogP contribution < -0.4 is 15.0 Å². The van der Waals surface area contributed by atoms with Crippen LogP contribution in [0.4, 0.5) is 5.82 Å². The van der Waals surface area contributed by atoms with E-state index in [-0.39, 0.29) is 18.1 Å². The zero-order valence-corrected chi connectivity index (χ0v) is 13.7. The Morgan fingerprint density at radius 1 is 1.30 bits per heavy atom. The Labute approximate surface area is 136 Å². The van der Waals surface area contributed by atoms with Crippen LogP contribution in [0.5, 0.6) is 5.75 Å². The molecule has 7 nitrogen and oxygen atoms in total. The predicted octanol–water partition coefficient (Wildman–Crippen LogP) is 0.116. The van der Waals surface area contributed by atoms with Gasteiger partial charge in [-0.25, -0.2) is 4.98 Å². The number of rotatable bonds is 4. The highest BCUT2D eigenvalue weighted by Crippen LogP contribution is 2.20. The lowest BCUT2D eigenvalue weighted by molar-refractivity contribution is -0.133. The van der Waals surface area contributed by atoms with Crippen molar-refractivity contribution in [2.45, 2.75) is 18.6 Å². The van der Waals surface area contributed by atoms with Crippen LogP contribution in [0.1, 0.15) is 6.42 Å². The minimum Gasteiger partial charge on any atom is -0.497 e. The van der Waals surface area contributed by atoms with E-state index in [4.69, 9.17) is 9.47 Å². The van der Waals surface area contributed by atoms with Crippen molar-refractivity contribution in [2.24, 2.45) is 0 Å². The zero-order chi connectivity index (χ0) is 16.2. The molecule has 2 aliphatic heterocycles. The molecule has 7 heteroatoms. The number of pyridine rings is 1. The normalized spacial score (nSPS) is 24.8. The largest absolute Gasteiger partial charge is 0.497 e. The molecule has 23 heavy (non-hydrogen) atoms. The summed E-state index contributed by atoms with van der Waals surface area (Å²) in [6.45, 7) is 3.75. The third kappa shape index (κ3) is 3.56. The smallest absolute Gasteiger partial charge is 0.239 e. The van der Waals surface area contributed by atoms with Gasteiger partial charge < -0.3 is 24.6 Å². The highest BCUT2D eigenvalue weighted by Gasteiger charge is 2.33. The number of hydrogen-bond donors (Lipinski definition) is 1. The van der Waals surface area contributed by atoms with Gasteiger partial charge in [-0.1, -0.05) is 0 Å². The van der Waals surface area contributed by atoms with E-state index in [0.717, 1.165) is 37.6 Å². The van der Waals surface area contributed by atoms with Crippen LogP contribution in [0, 0.1) is 0 Å². The average molecular weight is 320 g/mol. The fourth-order valence-corrected chi connectivity index (χ4v) is 3.15. The number of carbonyl (C=O) groups excluding carboxylic acids is 1. The molecule has 1 amide bonds. The van der Waals surface area contributed by atoms with Crippen LogP contribution >= 0.6 is 0 Å². The molecule has 0 bridgehead atoms. The number of anilines is 1. The standard InChI is InChI=1S/C16H24N4O3/c1-22-12-3-4-17-15(10-12)19-5-7-20(8-6-19)16(21)14-9-13(23-2)11-18-14/h3-4,10,13-14,18H,5-9,11H2,1-2H3/t13-,14-/m0/s1. The van der Waals surface area contributed by atoms with Crippen LogP contribution in [0.2, 0.25) is 0 Å². The summed E-state index contributed by atoms with van der Waals surface area (Å²) < 4.78 is 10.6. The molecule has 0 radical (unpaired) electrons. The lowest BCUT2D eigenvalue weighted by Crippen LogP contribution is -2.53. The van der Waals surface area contributed by atoms with Gasteiger partial charge in [0.15, 0.2) is 0 Å². The Balaban J connectivity index is 1.55. The molecule has 0 unspecified atom stereocenters. The topological polar surface area (TPSA) is 66.9 Å². The van der Waals surface area contributed by atoms with Crippen molar-refractivity contribution < 1.29 is 14.3 Å². The number of aromatic nitrogens is 1. The Hall–Kier alpha value is -1.86. The monoisotopic (exact) mass is 320 g/mol. The summed E-state index contributed by atoms with van der Waals surface area (Å²) >= 11 is 0. The Bertz CT molecular complexity index is 546. The Morgan fingerprint density at radius 2 is 2.09 bits per heavy atom. The van der Waals surface area contributed by atoms with Gasteiger partial charge in [0.05, 0.1) is 19.3 Å². The first-order valence-corrected chi connectivity index (χ1v) is 8.01. The highest BCUT2D eigenvalue weighted by molar-refractivity contribution is 5.82. The van der Waals surface area contributed by atoms with Gasteiger partial charge in [-0.05, 0) is 12.5 Å². The minimum atomic E-state index is -0.110. The molecule has 3 rings (SSSR count). The molecule has 0 spiro atoms. The summed E-state index contributed by atoms with van der Waals surface area (Å²) in [6, 6.07) is 3.65. The fraction of sp³-hybridized carbons (Fsp3) is 0.625. The average Bonchev–Trinajstić information content (AvgIpc) is 3.10. The van der Waals surface area contributed by atoms with Crippen LogP contribution in [0.25, 0.3) is 0 Å². The fourth-order valence-electron chi connectivity index (χ4n) is 3.15. The van der Waals surface area contributed by atoms with E-state index < -0.39 is 0 Å². The minimum absolute atomic E-state index is 0.110. The van der Waals surface area contributed by atoms with Gasteiger partial charge >= 0.3 is 0 Å². The molecule has 126 valence electrons. The number of methoxy groups -OCH3 is 2. The van der Waals surface area contributed by atoms with E-state index in [1.54, 1.807) is 20.4 Å². The van der Waals surface area contributed by atoms with Crippen LogP contribution in [-0.2, 0) is 9.53 Å². The van der Waals surface area contributed by atoms with E-state index in [2.05, 4.69) is 15.2 Å². The zero-order valence-electron chi connectivity index (χ0n) is 13.7. The second-order valence-corrected chi connectivity index (χ2v) is 5.92. The molecular weight excluding hydrogens is 296 g/mol. The molecule has 2 atom stereocenters. The number of amides is 1. The molecule has 2 aliphatic rings. The molecule has 1 aromatic heterocycles. The third-order valence-electron chi connectivity index (χ3n) is 4.59. The molecule has 3 heterocycles.